The molecular formula is C14H19O6P. The lowest BCUT2D eigenvalue weighted by Crippen LogP contribution is -2.01. The molecule has 0 fully saturated rings. The smallest absolute Gasteiger partial charge is 0.331 e. The summed E-state index contributed by atoms with van der Waals surface area (Å²) in [5.41, 5.74) is 0.953. The lowest BCUT2D eigenvalue weighted by molar-refractivity contribution is -0.132. The molecule has 0 amide bonds. The molecule has 0 unspecified atom stereocenters. The van der Waals surface area contributed by atoms with E-state index in [0.717, 1.165) is 5.56 Å². The van der Waals surface area contributed by atoms with Gasteiger partial charge in [0.05, 0.1) is 7.11 Å². The number of benzene rings is 1. The average molecular weight is 314 g/mol. The molecule has 3 N–H and O–H groups in total. The number of carboxylic acid groups (broad SMARTS) is 1. The number of hydrogen-bond donors (Lipinski definition) is 3. The number of unbranched alkanes of at least 4 members (excludes halogenated alkanes) is 1. The van der Waals surface area contributed by atoms with Gasteiger partial charge in [-0.3, -0.25) is 4.57 Å². The lowest BCUT2D eigenvalue weighted by atomic mass is 10.1. The van der Waals surface area contributed by atoms with Gasteiger partial charge < -0.3 is 19.6 Å². The van der Waals surface area contributed by atoms with E-state index in [9.17, 15) is 9.36 Å². The Morgan fingerprint density at radius 1 is 1.24 bits per heavy atom. The SMILES string of the molecule is COc1ccc(/C=C(\CCCCP(=O)(O)O)C(=O)O)cc1. The maximum absolute atomic E-state index is 11.2. The second kappa shape index (κ2) is 7.98. The van der Waals surface area contributed by atoms with E-state index in [1.807, 2.05) is 0 Å². The molecule has 0 saturated heterocycles. The fourth-order valence-corrected chi connectivity index (χ4v) is 2.41. The molecule has 0 saturated carbocycles. The second-order valence-electron chi connectivity index (χ2n) is 4.59. The monoisotopic (exact) mass is 314 g/mol. The van der Waals surface area contributed by atoms with Gasteiger partial charge in [-0.05, 0) is 43.0 Å². The molecule has 0 aliphatic heterocycles. The van der Waals surface area contributed by atoms with Crippen LogP contribution in [-0.4, -0.2) is 34.1 Å². The fourth-order valence-electron chi connectivity index (χ4n) is 1.78. The normalized spacial score (nSPS) is 12.2. The molecule has 0 bridgehead atoms. The Bertz CT molecular complexity index is 543. The molecule has 6 nitrogen and oxygen atoms in total. The molecular weight excluding hydrogens is 295 g/mol. The van der Waals surface area contributed by atoms with E-state index >= 15 is 0 Å². The third-order valence-electron chi connectivity index (χ3n) is 2.88. The predicted molar refractivity (Wildman–Crippen MR) is 79.4 cm³/mol. The largest absolute Gasteiger partial charge is 0.497 e. The van der Waals surface area contributed by atoms with E-state index in [1.54, 1.807) is 37.5 Å². The van der Waals surface area contributed by atoms with Gasteiger partial charge in [0.15, 0.2) is 0 Å². The molecule has 0 atom stereocenters. The molecule has 0 spiro atoms. The number of methoxy groups -OCH3 is 1. The van der Waals surface area contributed by atoms with Crippen LogP contribution in [0.3, 0.4) is 0 Å². The summed E-state index contributed by atoms with van der Waals surface area (Å²) < 4.78 is 15.7. The van der Waals surface area contributed by atoms with Crippen molar-refractivity contribution >= 4 is 19.6 Å². The average Bonchev–Trinajstić information content (AvgIpc) is 2.41. The zero-order valence-electron chi connectivity index (χ0n) is 11.7. The molecule has 7 heteroatoms. The van der Waals surface area contributed by atoms with Crippen LogP contribution in [0.4, 0.5) is 0 Å². The standard InChI is InChI=1S/C14H19O6P/c1-20-13-7-5-11(6-8-13)10-12(14(15)16)4-2-3-9-21(17,18)19/h5-8,10H,2-4,9H2,1H3,(H,15,16)(H2,17,18,19)/b12-10+. The summed E-state index contributed by atoms with van der Waals surface area (Å²) in [5, 5.41) is 9.15. The molecule has 1 aromatic rings. The van der Waals surface area contributed by atoms with Gasteiger partial charge in [0, 0.05) is 11.7 Å². The van der Waals surface area contributed by atoms with E-state index in [-0.39, 0.29) is 24.6 Å². The van der Waals surface area contributed by atoms with Crippen molar-refractivity contribution in [1.82, 2.24) is 0 Å². The third kappa shape index (κ3) is 7.09. The van der Waals surface area contributed by atoms with Crippen LogP contribution >= 0.6 is 7.60 Å². The van der Waals surface area contributed by atoms with Crippen LogP contribution in [0.25, 0.3) is 6.08 Å². The number of rotatable bonds is 8. The summed E-state index contributed by atoms with van der Waals surface area (Å²) >= 11 is 0. The van der Waals surface area contributed by atoms with Crippen LogP contribution < -0.4 is 4.74 Å². The van der Waals surface area contributed by atoms with Crippen molar-refractivity contribution in [3.63, 3.8) is 0 Å². The Labute approximate surface area is 123 Å². The highest BCUT2D eigenvalue weighted by Crippen LogP contribution is 2.35. The van der Waals surface area contributed by atoms with E-state index in [4.69, 9.17) is 19.6 Å². The van der Waals surface area contributed by atoms with Crippen LogP contribution in [0.2, 0.25) is 0 Å². The predicted octanol–water partition coefficient (Wildman–Crippen LogP) is 2.51. The third-order valence-corrected chi connectivity index (χ3v) is 3.78. The quantitative estimate of drug-likeness (QED) is 0.387. The van der Waals surface area contributed by atoms with E-state index in [2.05, 4.69) is 0 Å². The highest BCUT2D eigenvalue weighted by atomic mass is 31.2. The molecule has 1 aromatic carbocycles. The highest BCUT2D eigenvalue weighted by molar-refractivity contribution is 7.51. The van der Waals surface area contributed by atoms with Crippen molar-refractivity contribution in [3.8, 4) is 5.75 Å². The summed E-state index contributed by atoms with van der Waals surface area (Å²) in [7, 11) is -2.46. The summed E-state index contributed by atoms with van der Waals surface area (Å²) in [6.45, 7) is 0. The van der Waals surface area contributed by atoms with Crippen LogP contribution in [0.15, 0.2) is 29.8 Å². The molecule has 0 aliphatic carbocycles. The van der Waals surface area contributed by atoms with Crippen molar-refractivity contribution in [1.29, 1.82) is 0 Å². The molecule has 116 valence electrons. The lowest BCUT2D eigenvalue weighted by Gasteiger charge is -2.05. The Balaban J connectivity index is 2.65. The first-order chi connectivity index (χ1) is 9.81. The van der Waals surface area contributed by atoms with Gasteiger partial charge in [-0.1, -0.05) is 12.1 Å². The Morgan fingerprint density at radius 2 is 1.86 bits per heavy atom. The summed E-state index contributed by atoms with van der Waals surface area (Å²) in [6.07, 6.45) is 2.31. The van der Waals surface area contributed by atoms with Crippen LogP contribution in [0, 0.1) is 0 Å². The second-order valence-corrected chi connectivity index (χ2v) is 6.37. The topological polar surface area (TPSA) is 104 Å². The van der Waals surface area contributed by atoms with Gasteiger partial charge in [0.2, 0.25) is 0 Å². The maximum atomic E-state index is 11.2. The molecule has 1 rings (SSSR count). The summed E-state index contributed by atoms with van der Waals surface area (Å²) in [5.74, 6) is -0.340. The van der Waals surface area contributed by atoms with E-state index < -0.39 is 13.6 Å². The number of carbonyl (C=O) groups is 1. The van der Waals surface area contributed by atoms with E-state index in [0.29, 0.717) is 12.2 Å². The maximum Gasteiger partial charge on any atom is 0.331 e. The number of hydrogen-bond acceptors (Lipinski definition) is 3. The number of carboxylic acids is 1. The van der Waals surface area contributed by atoms with E-state index in [1.165, 1.54) is 0 Å². The van der Waals surface area contributed by atoms with Gasteiger partial charge in [-0.15, -0.1) is 0 Å². The van der Waals surface area contributed by atoms with Gasteiger partial charge >= 0.3 is 13.6 Å². The van der Waals surface area contributed by atoms with Crippen molar-refractivity contribution in [3.05, 3.63) is 35.4 Å². The minimum absolute atomic E-state index is 0.214. The Morgan fingerprint density at radius 3 is 2.33 bits per heavy atom. The van der Waals surface area contributed by atoms with Crippen LogP contribution in [0.5, 0.6) is 5.75 Å². The zero-order valence-corrected chi connectivity index (χ0v) is 12.6. The summed E-state index contributed by atoms with van der Waals surface area (Å²) in [6, 6.07) is 6.97. The minimum atomic E-state index is -4.01. The van der Waals surface area contributed by atoms with Gasteiger partial charge in [-0.2, -0.15) is 0 Å². The van der Waals surface area contributed by atoms with Gasteiger partial charge in [0.1, 0.15) is 5.75 Å². The van der Waals surface area contributed by atoms with Gasteiger partial charge in [-0.25, -0.2) is 4.79 Å². The first-order valence-electron chi connectivity index (χ1n) is 6.44. The molecule has 0 radical (unpaired) electrons. The molecule has 0 aromatic heterocycles. The number of ether oxygens (including phenoxy) is 1. The Hall–Kier alpha value is -1.62. The number of aliphatic carboxylic acids is 1. The van der Waals surface area contributed by atoms with Crippen molar-refractivity contribution < 1.29 is 29.0 Å². The molecule has 21 heavy (non-hydrogen) atoms. The Kier molecular flexibility index (Phi) is 6.62. The first-order valence-corrected chi connectivity index (χ1v) is 8.24. The van der Waals surface area contributed by atoms with Crippen molar-refractivity contribution in [2.45, 2.75) is 19.3 Å². The van der Waals surface area contributed by atoms with Crippen LogP contribution in [0.1, 0.15) is 24.8 Å². The molecule has 0 aliphatic rings. The van der Waals surface area contributed by atoms with Gasteiger partial charge in [0.25, 0.3) is 0 Å². The highest BCUT2D eigenvalue weighted by Gasteiger charge is 2.13. The van der Waals surface area contributed by atoms with Crippen molar-refractivity contribution in [2.24, 2.45) is 0 Å². The zero-order chi connectivity index (χ0) is 15.9. The van der Waals surface area contributed by atoms with Crippen molar-refractivity contribution in [2.75, 3.05) is 13.3 Å². The first kappa shape index (κ1) is 17.4. The minimum Gasteiger partial charge on any atom is -0.497 e. The fraction of sp³-hybridized carbons (Fsp3) is 0.357. The summed E-state index contributed by atoms with van der Waals surface area (Å²) in [4.78, 5) is 28.7. The van der Waals surface area contributed by atoms with Crippen LogP contribution in [-0.2, 0) is 9.36 Å². The molecule has 0 heterocycles.